The van der Waals surface area contributed by atoms with Crippen molar-refractivity contribution in [2.75, 3.05) is 7.05 Å². The van der Waals surface area contributed by atoms with Gasteiger partial charge < -0.3 is 10.1 Å². The number of carbonyl (C=O) groups excluding carboxylic acids is 1. The van der Waals surface area contributed by atoms with Crippen LogP contribution in [0.1, 0.15) is 23.3 Å². The normalized spacial score (nSPS) is 14.8. The van der Waals surface area contributed by atoms with Gasteiger partial charge in [-0.15, -0.1) is 0 Å². The number of ether oxygens (including phenoxy) is 1. The van der Waals surface area contributed by atoms with Gasteiger partial charge >= 0.3 is 0 Å². The minimum absolute atomic E-state index is 0.266. The number of aromatic nitrogens is 1. The van der Waals surface area contributed by atoms with E-state index in [9.17, 15) is 4.79 Å². The standard InChI is InChI=1S/C10H11ClN2O2/c1-12-10(14)8-4-7(5-9(11)13-8)15-6-2-3-6/h4-6H,2-3H2,1H3,(H,12,14). The van der Waals surface area contributed by atoms with E-state index in [-0.39, 0.29) is 22.9 Å². The molecule has 1 amide bonds. The first-order valence-electron chi connectivity index (χ1n) is 4.75. The van der Waals surface area contributed by atoms with E-state index in [1.54, 1.807) is 19.2 Å². The molecular formula is C10H11ClN2O2. The number of rotatable bonds is 3. The van der Waals surface area contributed by atoms with Crippen molar-refractivity contribution in [1.29, 1.82) is 0 Å². The second-order valence-corrected chi connectivity index (χ2v) is 3.79. The third kappa shape index (κ3) is 2.59. The van der Waals surface area contributed by atoms with Crippen LogP contribution in [0.2, 0.25) is 5.15 Å². The molecular weight excluding hydrogens is 216 g/mol. The van der Waals surface area contributed by atoms with Crippen molar-refractivity contribution in [2.24, 2.45) is 0 Å². The fraction of sp³-hybridized carbons (Fsp3) is 0.400. The molecule has 0 spiro atoms. The number of hydrogen-bond donors (Lipinski definition) is 1. The molecule has 1 heterocycles. The molecule has 4 nitrogen and oxygen atoms in total. The summed E-state index contributed by atoms with van der Waals surface area (Å²) in [4.78, 5) is 15.2. The second kappa shape index (κ2) is 4.06. The first kappa shape index (κ1) is 10.2. The Morgan fingerprint density at radius 3 is 2.93 bits per heavy atom. The summed E-state index contributed by atoms with van der Waals surface area (Å²) in [5.41, 5.74) is 0.278. The second-order valence-electron chi connectivity index (χ2n) is 3.41. The summed E-state index contributed by atoms with van der Waals surface area (Å²) in [5.74, 6) is 0.342. The number of hydrogen-bond acceptors (Lipinski definition) is 3. The fourth-order valence-corrected chi connectivity index (χ4v) is 1.36. The van der Waals surface area contributed by atoms with Crippen molar-refractivity contribution in [3.63, 3.8) is 0 Å². The molecule has 0 bridgehead atoms. The summed E-state index contributed by atoms with van der Waals surface area (Å²) in [6.07, 6.45) is 2.41. The Balaban J connectivity index is 2.22. The number of nitrogens with zero attached hydrogens (tertiary/aromatic N) is 1. The van der Waals surface area contributed by atoms with Crippen molar-refractivity contribution in [3.8, 4) is 5.75 Å². The van der Waals surface area contributed by atoms with Crippen molar-refractivity contribution in [3.05, 3.63) is 23.0 Å². The average molecular weight is 227 g/mol. The van der Waals surface area contributed by atoms with Crippen LogP contribution in [-0.4, -0.2) is 24.0 Å². The van der Waals surface area contributed by atoms with Gasteiger partial charge in [0.2, 0.25) is 0 Å². The van der Waals surface area contributed by atoms with Crippen molar-refractivity contribution in [1.82, 2.24) is 10.3 Å². The molecule has 0 unspecified atom stereocenters. The number of amides is 1. The highest BCUT2D eigenvalue weighted by molar-refractivity contribution is 6.29. The third-order valence-corrected chi connectivity index (χ3v) is 2.25. The molecule has 1 N–H and O–H groups in total. The maximum atomic E-state index is 11.3. The largest absolute Gasteiger partial charge is 0.490 e. The number of halogens is 1. The topological polar surface area (TPSA) is 51.2 Å². The van der Waals surface area contributed by atoms with Crippen LogP contribution >= 0.6 is 11.6 Å². The molecule has 0 saturated heterocycles. The zero-order chi connectivity index (χ0) is 10.8. The maximum Gasteiger partial charge on any atom is 0.269 e. The Kier molecular flexibility index (Phi) is 2.77. The minimum atomic E-state index is -0.266. The van der Waals surface area contributed by atoms with Gasteiger partial charge in [-0.05, 0) is 12.8 Å². The minimum Gasteiger partial charge on any atom is -0.490 e. The van der Waals surface area contributed by atoms with E-state index in [0.29, 0.717) is 5.75 Å². The molecule has 5 heteroatoms. The lowest BCUT2D eigenvalue weighted by Gasteiger charge is -2.06. The monoisotopic (exact) mass is 226 g/mol. The molecule has 1 aliphatic carbocycles. The highest BCUT2D eigenvalue weighted by Gasteiger charge is 2.24. The van der Waals surface area contributed by atoms with E-state index >= 15 is 0 Å². The molecule has 1 aromatic rings. The molecule has 2 rings (SSSR count). The van der Waals surface area contributed by atoms with Gasteiger partial charge in [-0.3, -0.25) is 4.79 Å². The van der Waals surface area contributed by atoms with Crippen molar-refractivity contribution < 1.29 is 9.53 Å². The number of nitrogens with one attached hydrogen (secondary N) is 1. The Hall–Kier alpha value is -1.29. The molecule has 80 valence electrons. The Labute approximate surface area is 92.6 Å². The van der Waals surface area contributed by atoms with E-state index in [0.717, 1.165) is 12.8 Å². The molecule has 1 aromatic heterocycles. The van der Waals surface area contributed by atoms with Gasteiger partial charge in [0.1, 0.15) is 16.6 Å². The fourth-order valence-electron chi connectivity index (χ4n) is 1.16. The van der Waals surface area contributed by atoms with Crippen LogP contribution in [0.25, 0.3) is 0 Å². The van der Waals surface area contributed by atoms with E-state index in [4.69, 9.17) is 16.3 Å². The third-order valence-electron chi connectivity index (χ3n) is 2.05. The van der Waals surface area contributed by atoms with Gasteiger partial charge in [0, 0.05) is 19.2 Å². The predicted molar refractivity (Wildman–Crippen MR) is 56.3 cm³/mol. The Morgan fingerprint density at radius 2 is 2.33 bits per heavy atom. The molecule has 0 atom stereocenters. The van der Waals surface area contributed by atoms with Gasteiger partial charge in [0.05, 0.1) is 6.10 Å². The Morgan fingerprint density at radius 1 is 1.60 bits per heavy atom. The van der Waals surface area contributed by atoms with Crippen LogP contribution in [0.3, 0.4) is 0 Å². The molecule has 1 fully saturated rings. The lowest BCUT2D eigenvalue weighted by atomic mass is 10.3. The summed E-state index contributed by atoms with van der Waals surface area (Å²) >= 11 is 5.78. The summed E-state index contributed by atoms with van der Waals surface area (Å²) in [6.45, 7) is 0. The molecule has 0 radical (unpaired) electrons. The van der Waals surface area contributed by atoms with E-state index in [1.807, 2.05) is 0 Å². The van der Waals surface area contributed by atoms with Gasteiger partial charge in [0.15, 0.2) is 0 Å². The molecule has 15 heavy (non-hydrogen) atoms. The predicted octanol–water partition coefficient (Wildman–Crippen LogP) is 1.64. The quantitative estimate of drug-likeness (QED) is 0.798. The van der Waals surface area contributed by atoms with Crippen molar-refractivity contribution in [2.45, 2.75) is 18.9 Å². The number of carbonyl (C=O) groups is 1. The van der Waals surface area contributed by atoms with Gasteiger partial charge in [-0.25, -0.2) is 4.98 Å². The zero-order valence-electron chi connectivity index (χ0n) is 8.29. The SMILES string of the molecule is CNC(=O)c1cc(OC2CC2)cc(Cl)n1. The van der Waals surface area contributed by atoms with Crippen LogP contribution < -0.4 is 10.1 Å². The lowest BCUT2D eigenvalue weighted by molar-refractivity contribution is 0.0957. The molecule has 1 saturated carbocycles. The van der Waals surface area contributed by atoms with Gasteiger partial charge in [-0.1, -0.05) is 11.6 Å². The summed E-state index contributed by atoms with van der Waals surface area (Å²) in [5, 5.41) is 2.76. The highest BCUT2D eigenvalue weighted by Crippen LogP contribution is 2.28. The van der Waals surface area contributed by atoms with Crippen LogP contribution in [0.5, 0.6) is 5.75 Å². The van der Waals surface area contributed by atoms with Crippen LogP contribution in [0, 0.1) is 0 Å². The Bertz CT molecular complexity index is 391. The smallest absolute Gasteiger partial charge is 0.269 e. The first-order chi connectivity index (χ1) is 7.19. The summed E-state index contributed by atoms with van der Waals surface area (Å²) in [7, 11) is 1.55. The summed E-state index contributed by atoms with van der Waals surface area (Å²) < 4.78 is 5.54. The van der Waals surface area contributed by atoms with E-state index < -0.39 is 0 Å². The molecule has 0 aromatic carbocycles. The zero-order valence-corrected chi connectivity index (χ0v) is 9.04. The maximum absolute atomic E-state index is 11.3. The van der Waals surface area contributed by atoms with Crippen LogP contribution in [-0.2, 0) is 0 Å². The highest BCUT2D eigenvalue weighted by atomic mass is 35.5. The molecule has 0 aliphatic heterocycles. The van der Waals surface area contributed by atoms with Crippen molar-refractivity contribution >= 4 is 17.5 Å². The van der Waals surface area contributed by atoms with E-state index in [2.05, 4.69) is 10.3 Å². The first-order valence-corrected chi connectivity index (χ1v) is 5.13. The average Bonchev–Trinajstić information content (AvgIpc) is 2.99. The van der Waals surface area contributed by atoms with Crippen LogP contribution in [0.15, 0.2) is 12.1 Å². The van der Waals surface area contributed by atoms with Crippen LogP contribution in [0.4, 0.5) is 0 Å². The summed E-state index contributed by atoms with van der Waals surface area (Å²) in [6, 6.07) is 3.22. The van der Waals surface area contributed by atoms with Gasteiger partial charge in [-0.2, -0.15) is 0 Å². The number of pyridine rings is 1. The van der Waals surface area contributed by atoms with Gasteiger partial charge in [0.25, 0.3) is 5.91 Å². The lowest BCUT2D eigenvalue weighted by Crippen LogP contribution is -2.19. The molecule has 1 aliphatic rings. The van der Waals surface area contributed by atoms with E-state index in [1.165, 1.54) is 0 Å².